The van der Waals surface area contributed by atoms with Gasteiger partial charge in [-0.15, -0.1) is 0 Å². The van der Waals surface area contributed by atoms with Gasteiger partial charge >= 0.3 is 6.18 Å². The SMILES string of the molecule is O=C(COc1cccc2ccccc12)N1N=C2CCCCC2C1(O)C(F)(F)F. The minimum Gasteiger partial charge on any atom is -0.483 e. The third kappa shape index (κ3) is 2.92. The Bertz CT molecular complexity index is 938. The van der Waals surface area contributed by atoms with Gasteiger partial charge in [-0.2, -0.15) is 23.3 Å². The number of hydrazone groups is 1. The van der Waals surface area contributed by atoms with Crippen LogP contribution in [-0.2, 0) is 4.79 Å². The molecule has 2 atom stereocenters. The molecule has 0 aromatic heterocycles. The van der Waals surface area contributed by atoms with E-state index in [1.807, 2.05) is 18.2 Å². The molecule has 0 bridgehead atoms. The van der Waals surface area contributed by atoms with Crippen LogP contribution in [0.25, 0.3) is 10.8 Å². The Hall–Kier alpha value is -2.61. The van der Waals surface area contributed by atoms with E-state index in [4.69, 9.17) is 4.74 Å². The quantitative estimate of drug-likeness (QED) is 0.863. The smallest absolute Gasteiger partial charge is 0.439 e. The maximum Gasteiger partial charge on any atom is 0.439 e. The zero-order chi connectivity index (χ0) is 19.9. The molecule has 148 valence electrons. The molecule has 1 amide bonds. The van der Waals surface area contributed by atoms with Crippen molar-refractivity contribution in [2.24, 2.45) is 11.0 Å². The largest absolute Gasteiger partial charge is 0.483 e. The van der Waals surface area contributed by atoms with Crippen LogP contribution < -0.4 is 4.74 Å². The van der Waals surface area contributed by atoms with Crippen LogP contribution >= 0.6 is 0 Å². The second-order valence-corrected chi connectivity index (χ2v) is 7.09. The van der Waals surface area contributed by atoms with E-state index in [1.54, 1.807) is 24.3 Å². The standard InChI is InChI=1S/C20H19F3N2O3/c21-20(22,23)19(27)15-9-3-4-10-16(15)24-25(19)18(26)12-28-17-11-5-7-13-6-1-2-8-14(13)17/h1-2,5-8,11,15,27H,3-4,9-10,12H2. The highest BCUT2D eigenvalue weighted by Crippen LogP contribution is 2.48. The second kappa shape index (κ2) is 6.77. The van der Waals surface area contributed by atoms with Crippen molar-refractivity contribution in [3.63, 3.8) is 0 Å². The molecule has 0 spiro atoms. The second-order valence-electron chi connectivity index (χ2n) is 7.09. The lowest BCUT2D eigenvalue weighted by atomic mass is 9.80. The normalized spacial score (nSPS) is 24.8. The number of carbonyl (C=O) groups is 1. The maximum absolute atomic E-state index is 13.7. The van der Waals surface area contributed by atoms with Gasteiger partial charge in [-0.05, 0) is 30.7 Å². The first-order valence-electron chi connectivity index (χ1n) is 9.12. The van der Waals surface area contributed by atoms with Gasteiger partial charge in [0, 0.05) is 11.1 Å². The molecular formula is C20H19F3N2O3. The molecule has 1 aliphatic carbocycles. The number of hydrogen-bond acceptors (Lipinski definition) is 4. The molecule has 2 aliphatic rings. The number of nitrogens with zero attached hydrogens (tertiary/aromatic N) is 2. The third-order valence-electron chi connectivity index (χ3n) is 5.37. The number of benzene rings is 2. The van der Waals surface area contributed by atoms with Crippen molar-refractivity contribution >= 4 is 22.4 Å². The van der Waals surface area contributed by atoms with Gasteiger partial charge in [0.25, 0.3) is 11.6 Å². The lowest BCUT2D eigenvalue weighted by Crippen LogP contribution is -2.62. The summed E-state index contributed by atoms with van der Waals surface area (Å²) < 4.78 is 46.7. The molecule has 28 heavy (non-hydrogen) atoms. The van der Waals surface area contributed by atoms with Crippen molar-refractivity contribution in [3.8, 4) is 5.75 Å². The number of ether oxygens (including phenoxy) is 1. The van der Waals surface area contributed by atoms with Gasteiger partial charge in [-0.3, -0.25) is 4.79 Å². The van der Waals surface area contributed by atoms with Crippen LogP contribution in [0.2, 0.25) is 0 Å². The summed E-state index contributed by atoms with van der Waals surface area (Å²) in [5, 5.41) is 16.2. The highest BCUT2D eigenvalue weighted by Gasteiger charge is 2.68. The van der Waals surface area contributed by atoms with Crippen molar-refractivity contribution < 1.29 is 27.8 Å². The zero-order valence-electron chi connectivity index (χ0n) is 14.9. The van der Waals surface area contributed by atoms with Gasteiger partial charge < -0.3 is 9.84 Å². The summed E-state index contributed by atoms with van der Waals surface area (Å²) >= 11 is 0. The first-order valence-corrected chi connectivity index (χ1v) is 9.12. The number of amides is 1. The van der Waals surface area contributed by atoms with Crippen LogP contribution in [0.1, 0.15) is 25.7 Å². The molecule has 1 fully saturated rings. The van der Waals surface area contributed by atoms with E-state index in [0.29, 0.717) is 25.0 Å². The van der Waals surface area contributed by atoms with Gasteiger partial charge in [0.1, 0.15) is 5.75 Å². The topological polar surface area (TPSA) is 62.1 Å². The number of alkyl halides is 3. The number of hydrogen-bond donors (Lipinski definition) is 1. The van der Waals surface area contributed by atoms with Gasteiger partial charge in [0.2, 0.25) is 0 Å². The molecule has 1 saturated carbocycles. The minimum absolute atomic E-state index is 0.142. The van der Waals surface area contributed by atoms with Crippen LogP contribution in [-0.4, -0.2) is 40.2 Å². The van der Waals surface area contributed by atoms with Gasteiger partial charge in [0.15, 0.2) is 6.61 Å². The lowest BCUT2D eigenvalue weighted by molar-refractivity contribution is -0.317. The molecule has 2 aromatic carbocycles. The van der Waals surface area contributed by atoms with E-state index < -0.39 is 30.3 Å². The van der Waals surface area contributed by atoms with Gasteiger partial charge in [-0.25, -0.2) is 0 Å². The Morgan fingerprint density at radius 1 is 1.21 bits per heavy atom. The summed E-state index contributed by atoms with van der Waals surface area (Å²) in [6.07, 6.45) is -3.29. The Kier molecular flexibility index (Phi) is 4.53. The Morgan fingerprint density at radius 3 is 2.75 bits per heavy atom. The molecule has 1 N–H and O–H groups in total. The van der Waals surface area contributed by atoms with Crippen LogP contribution in [0.4, 0.5) is 13.2 Å². The molecule has 8 heteroatoms. The van der Waals surface area contributed by atoms with E-state index in [0.717, 1.165) is 10.8 Å². The molecule has 1 heterocycles. The van der Waals surface area contributed by atoms with Crippen molar-refractivity contribution in [1.29, 1.82) is 0 Å². The summed E-state index contributed by atoms with van der Waals surface area (Å²) in [6, 6.07) is 12.6. The molecule has 0 saturated heterocycles. The maximum atomic E-state index is 13.7. The number of aliphatic hydroxyl groups is 1. The molecule has 2 unspecified atom stereocenters. The fourth-order valence-corrected chi connectivity index (χ4v) is 3.99. The number of rotatable bonds is 3. The number of fused-ring (bicyclic) bond motifs is 2. The van der Waals surface area contributed by atoms with E-state index in [-0.39, 0.29) is 17.1 Å². The summed E-state index contributed by atoms with van der Waals surface area (Å²) in [5.41, 5.74) is -3.09. The fraction of sp³-hybridized carbons (Fsp3) is 0.400. The monoisotopic (exact) mass is 392 g/mol. The lowest BCUT2D eigenvalue weighted by Gasteiger charge is -2.38. The number of halogens is 3. The van der Waals surface area contributed by atoms with Crippen LogP contribution in [0.5, 0.6) is 5.75 Å². The van der Waals surface area contributed by atoms with Crippen molar-refractivity contribution in [2.45, 2.75) is 37.6 Å². The third-order valence-corrected chi connectivity index (χ3v) is 5.37. The zero-order valence-corrected chi connectivity index (χ0v) is 14.9. The highest BCUT2D eigenvalue weighted by molar-refractivity contribution is 5.94. The highest BCUT2D eigenvalue weighted by atomic mass is 19.4. The number of carbonyl (C=O) groups excluding carboxylic acids is 1. The summed E-state index contributed by atoms with van der Waals surface area (Å²) in [7, 11) is 0. The summed E-state index contributed by atoms with van der Waals surface area (Å²) in [5.74, 6) is -1.87. The Morgan fingerprint density at radius 2 is 1.96 bits per heavy atom. The summed E-state index contributed by atoms with van der Waals surface area (Å²) in [4.78, 5) is 12.6. The average molecular weight is 392 g/mol. The van der Waals surface area contributed by atoms with E-state index in [1.165, 1.54) is 0 Å². The van der Waals surface area contributed by atoms with Crippen LogP contribution in [0, 0.1) is 5.92 Å². The van der Waals surface area contributed by atoms with Gasteiger partial charge in [-0.1, -0.05) is 42.8 Å². The Labute approximate surface area is 159 Å². The molecule has 1 aliphatic heterocycles. The van der Waals surface area contributed by atoms with E-state index in [9.17, 15) is 23.1 Å². The van der Waals surface area contributed by atoms with Crippen molar-refractivity contribution in [2.75, 3.05) is 6.61 Å². The Balaban J connectivity index is 1.59. The van der Waals surface area contributed by atoms with Crippen molar-refractivity contribution in [1.82, 2.24) is 5.01 Å². The first-order chi connectivity index (χ1) is 13.3. The molecule has 0 radical (unpaired) electrons. The van der Waals surface area contributed by atoms with Crippen LogP contribution in [0.15, 0.2) is 47.6 Å². The minimum atomic E-state index is -5.02. The molecular weight excluding hydrogens is 373 g/mol. The van der Waals surface area contributed by atoms with E-state index >= 15 is 0 Å². The predicted octanol–water partition coefficient (Wildman–Crippen LogP) is 3.86. The van der Waals surface area contributed by atoms with E-state index in [2.05, 4.69) is 5.10 Å². The molecule has 4 rings (SSSR count). The first kappa shape index (κ1) is 18.7. The molecule has 5 nitrogen and oxygen atoms in total. The summed E-state index contributed by atoms with van der Waals surface area (Å²) in [6.45, 7) is -0.657. The average Bonchev–Trinajstić information content (AvgIpc) is 3.00. The predicted molar refractivity (Wildman–Crippen MR) is 96.7 cm³/mol. The van der Waals surface area contributed by atoms with Crippen molar-refractivity contribution in [3.05, 3.63) is 42.5 Å². The fourth-order valence-electron chi connectivity index (χ4n) is 3.99. The van der Waals surface area contributed by atoms with Crippen LogP contribution in [0.3, 0.4) is 0 Å². The molecule has 2 aromatic rings. The van der Waals surface area contributed by atoms with Gasteiger partial charge in [0.05, 0.1) is 5.92 Å².